The fourth-order valence-corrected chi connectivity index (χ4v) is 2.70. The van der Waals surface area contributed by atoms with E-state index in [1.807, 2.05) is 16.8 Å². The summed E-state index contributed by atoms with van der Waals surface area (Å²) < 4.78 is 21.0. The molecule has 1 N–H and O–H groups in total. The van der Waals surface area contributed by atoms with Crippen molar-refractivity contribution in [2.45, 2.75) is 25.4 Å². The van der Waals surface area contributed by atoms with E-state index in [2.05, 4.69) is 0 Å². The first-order chi connectivity index (χ1) is 9.20. The number of halogens is 1. The predicted molar refractivity (Wildman–Crippen MR) is 70.2 cm³/mol. The van der Waals surface area contributed by atoms with Gasteiger partial charge in [0.1, 0.15) is 11.6 Å². The van der Waals surface area contributed by atoms with E-state index in [1.165, 1.54) is 6.07 Å². The number of ether oxygens (including phenoxy) is 1. The molecule has 1 heterocycles. The normalized spacial score (nSPS) is 18.2. The van der Waals surface area contributed by atoms with E-state index in [-0.39, 0.29) is 5.82 Å². The number of hydrogen-bond acceptors (Lipinski definition) is 2. The van der Waals surface area contributed by atoms with Crippen LogP contribution in [0, 0.1) is 5.82 Å². The molecule has 100 valence electrons. The molecule has 0 bridgehead atoms. The molecule has 3 rings (SSSR count). The Morgan fingerprint density at radius 3 is 3.00 bits per heavy atom. The van der Waals surface area contributed by atoms with Gasteiger partial charge in [-0.2, -0.15) is 0 Å². The topological polar surface area (TPSA) is 34.4 Å². The van der Waals surface area contributed by atoms with E-state index >= 15 is 0 Å². The number of nitrogens with zero attached hydrogens (tertiary/aromatic N) is 1. The van der Waals surface area contributed by atoms with E-state index in [4.69, 9.17) is 4.74 Å². The highest BCUT2D eigenvalue weighted by molar-refractivity contribution is 5.45. The molecule has 1 unspecified atom stereocenters. The number of hydrogen-bond donors (Lipinski definition) is 1. The molecule has 4 heteroatoms. The molecule has 1 aliphatic carbocycles. The van der Waals surface area contributed by atoms with Gasteiger partial charge in [0.25, 0.3) is 0 Å². The summed E-state index contributed by atoms with van der Waals surface area (Å²) in [6.45, 7) is 0. The molecule has 2 aromatic rings. The fourth-order valence-electron chi connectivity index (χ4n) is 2.70. The van der Waals surface area contributed by atoms with E-state index in [0.717, 1.165) is 30.5 Å². The standard InChI is InChI=1S/C15H16FNO2/c1-19-10-5-6-12(16)14(9-10)17-8-7-11-13(17)3-2-4-15(11)18/h5-9,15,18H,2-4H2,1H3. The zero-order chi connectivity index (χ0) is 13.4. The molecule has 0 saturated carbocycles. The van der Waals surface area contributed by atoms with E-state index in [1.54, 1.807) is 19.2 Å². The Morgan fingerprint density at radius 2 is 2.21 bits per heavy atom. The quantitative estimate of drug-likeness (QED) is 0.901. The van der Waals surface area contributed by atoms with Crippen molar-refractivity contribution in [3.05, 3.63) is 47.5 Å². The van der Waals surface area contributed by atoms with Crippen molar-refractivity contribution in [2.75, 3.05) is 7.11 Å². The smallest absolute Gasteiger partial charge is 0.147 e. The van der Waals surface area contributed by atoms with E-state index in [9.17, 15) is 9.50 Å². The summed E-state index contributed by atoms with van der Waals surface area (Å²) in [4.78, 5) is 0. The van der Waals surface area contributed by atoms with Crippen molar-refractivity contribution in [3.63, 3.8) is 0 Å². The van der Waals surface area contributed by atoms with Crippen molar-refractivity contribution in [2.24, 2.45) is 0 Å². The van der Waals surface area contributed by atoms with Crippen LogP contribution < -0.4 is 4.74 Å². The summed E-state index contributed by atoms with van der Waals surface area (Å²) in [6, 6.07) is 6.55. The van der Waals surface area contributed by atoms with Crippen LogP contribution in [0.2, 0.25) is 0 Å². The SMILES string of the molecule is COc1ccc(F)c(-n2ccc3c2CCCC3O)c1. The lowest BCUT2D eigenvalue weighted by atomic mass is 9.95. The molecule has 1 aromatic heterocycles. The van der Waals surface area contributed by atoms with Crippen LogP contribution in [0.5, 0.6) is 5.75 Å². The number of fused-ring (bicyclic) bond motifs is 1. The Labute approximate surface area is 111 Å². The first-order valence-electron chi connectivity index (χ1n) is 6.43. The molecular weight excluding hydrogens is 245 g/mol. The van der Waals surface area contributed by atoms with Crippen LogP contribution in [0.3, 0.4) is 0 Å². The highest BCUT2D eigenvalue weighted by Gasteiger charge is 2.22. The maximum atomic E-state index is 14.0. The third kappa shape index (κ3) is 2.02. The Kier molecular flexibility index (Phi) is 3.03. The summed E-state index contributed by atoms with van der Waals surface area (Å²) in [7, 11) is 1.56. The number of rotatable bonds is 2. The highest BCUT2D eigenvalue weighted by atomic mass is 19.1. The summed E-state index contributed by atoms with van der Waals surface area (Å²) in [5, 5.41) is 9.96. The average Bonchev–Trinajstić information content (AvgIpc) is 2.85. The predicted octanol–water partition coefficient (Wildman–Crippen LogP) is 2.99. The van der Waals surface area contributed by atoms with Gasteiger partial charge in [-0.25, -0.2) is 4.39 Å². The molecule has 1 aliphatic rings. The van der Waals surface area contributed by atoms with E-state index < -0.39 is 6.10 Å². The first-order valence-corrected chi connectivity index (χ1v) is 6.43. The van der Waals surface area contributed by atoms with Gasteiger partial charge in [0.15, 0.2) is 0 Å². The van der Waals surface area contributed by atoms with Gasteiger partial charge < -0.3 is 14.4 Å². The lowest BCUT2D eigenvalue weighted by Gasteiger charge is -2.20. The lowest BCUT2D eigenvalue weighted by molar-refractivity contribution is 0.156. The first kappa shape index (κ1) is 12.2. The molecular formula is C15H16FNO2. The maximum Gasteiger partial charge on any atom is 0.147 e. The Bertz CT molecular complexity index is 606. The minimum atomic E-state index is -0.432. The molecule has 0 amide bonds. The third-order valence-electron chi connectivity index (χ3n) is 3.69. The lowest BCUT2D eigenvalue weighted by Crippen LogP contribution is -2.11. The molecule has 1 aromatic carbocycles. The van der Waals surface area contributed by atoms with Crippen molar-refractivity contribution in [3.8, 4) is 11.4 Å². The number of methoxy groups -OCH3 is 1. The zero-order valence-corrected chi connectivity index (χ0v) is 10.8. The Hall–Kier alpha value is -1.81. The van der Waals surface area contributed by atoms with Gasteiger partial charge in [0.2, 0.25) is 0 Å². The summed E-state index contributed by atoms with van der Waals surface area (Å²) >= 11 is 0. The molecule has 1 atom stereocenters. The highest BCUT2D eigenvalue weighted by Crippen LogP contribution is 2.33. The Morgan fingerprint density at radius 1 is 1.37 bits per heavy atom. The maximum absolute atomic E-state index is 14.0. The molecule has 19 heavy (non-hydrogen) atoms. The van der Waals surface area contributed by atoms with Crippen molar-refractivity contribution < 1.29 is 14.2 Å². The number of benzene rings is 1. The monoisotopic (exact) mass is 261 g/mol. The second-order valence-electron chi connectivity index (χ2n) is 4.81. The molecule has 0 radical (unpaired) electrons. The van der Waals surface area contributed by atoms with Gasteiger partial charge in [-0.1, -0.05) is 0 Å². The van der Waals surface area contributed by atoms with Gasteiger partial charge in [-0.05, 0) is 37.5 Å². The molecule has 0 fully saturated rings. The zero-order valence-electron chi connectivity index (χ0n) is 10.8. The largest absolute Gasteiger partial charge is 0.497 e. The number of aliphatic hydroxyl groups excluding tert-OH is 1. The summed E-state index contributed by atoms with van der Waals surface area (Å²) in [5.41, 5.74) is 2.37. The summed E-state index contributed by atoms with van der Waals surface area (Å²) in [6.07, 6.45) is 3.94. The van der Waals surface area contributed by atoms with Crippen LogP contribution >= 0.6 is 0 Å². The van der Waals surface area contributed by atoms with Crippen LogP contribution in [0.1, 0.15) is 30.2 Å². The van der Waals surface area contributed by atoms with Crippen LogP contribution in [0.25, 0.3) is 5.69 Å². The van der Waals surface area contributed by atoms with Gasteiger partial charge >= 0.3 is 0 Å². The van der Waals surface area contributed by atoms with Crippen LogP contribution in [-0.4, -0.2) is 16.8 Å². The van der Waals surface area contributed by atoms with Gasteiger partial charge in [0.05, 0.1) is 18.9 Å². The average molecular weight is 261 g/mol. The van der Waals surface area contributed by atoms with Crippen LogP contribution in [0.15, 0.2) is 30.5 Å². The van der Waals surface area contributed by atoms with Crippen molar-refractivity contribution in [1.29, 1.82) is 0 Å². The van der Waals surface area contributed by atoms with Gasteiger partial charge in [-0.15, -0.1) is 0 Å². The van der Waals surface area contributed by atoms with E-state index in [0.29, 0.717) is 11.4 Å². The summed E-state index contributed by atoms with van der Waals surface area (Å²) in [5.74, 6) is 0.328. The second kappa shape index (κ2) is 4.70. The third-order valence-corrected chi connectivity index (χ3v) is 3.69. The van der Waals surface area contributed by atoms with Crippen LogP contribution in [0.4, 0.5) is 4.39 Å². The van der Waals surface area contributed by atoms with Crippen molar-refractivity contribution >= 4 is 0 Å². The molecule has 0 spiro atoms. The van der Waals surface area contributed by atoms with Crippen molar-refractivity contribution in [1.82, 2.24) is 4.57 Å². The second-order valence-corrected chi connectivity index (χ2v) is 4.81. The minimum Gasteiger partial charge on any atom is -0.497 e. The van der Waals surface area contributed by atoms with Crippen LogP contribution in [-0.2, 0) is 6.42 Å². The molecule has 0 aliphatic heterocycles. The minimum absolute atomic E-state index is 0.292. The van der Waals surface area contributed by atoms with Gasteiger partial charge in [-0.3, -0.25) is 0 Å². The number of aliphatic hydroxyl groups is 1. The number of aromatic nitrogens is 1. The molecule has 0 saturated heterocycles. The fraction of sp³-hybridized carbons (Fsp3) is 0.333. The van der Waals surface area contributed by atoms with Gasteiger partial charge in [0, 0.05) is 23.5 Å². The molecule has 3 nitrogen and oxygen atoms in total. The Balaban J connectivity index is 2.12.